The van der Waals surface area contributed by atoms with Crippen LogP contribution in [0.1, 0.15) is 13.8 Å². The van der Waals surface area contributed by atoms with E-state index in [0.29, 0.717) is 0 Å². The van der Waals surface area contributed by atoms with Crippen LogP contribution in [0.4, 0.5) is 0 Å². The van der Waals surface area contributed by atoms with Gasteiger partial charge in [0.2, 0.25) is 5.91 Å². The van der Waals surface area contributed by atoms with Gasteiger partial charge in [0.15, 0.2) is 6.29 Å². The molecule has 0 aliphatic carbocycles. The number of aliphatic hydroxyl groups is 6. The van der Waals surface area contributed by atoms with Crippen LogP contribution in [-0.4, -0.2) is 111 Å². The third-order valence-electron chi connectivity index (χ3n) is 4.64. The van der Waals surface area contributed by atoms with Crippen molar-refractivity contribution in [2.75, 3.05) is 13.2 Å². The Morgan fingerprint density at radius 3 is 2.04 bits per heavy atom. The van der Waals surface area contributed by atoms with Crippen LogP contribution in [0.2, 0.25) is 0 Å². The van der Waals surface area contributed by atoms with Gasteiger partial charge in [-0.25, -0.2) is 0 Å². The predicted molar refractivity (Wildman–Crippen MR) is 83.7 cm³/mol. The van der Waals surface area contributed by atoms with Gasteiger partial charge in [0.25, 0.3) is 0 Å². The van der Waals surface area contributed by atoms with E-state index >= 15 is 0 Å². The minimum atomic E-state index is -1.50. The summed E-state index contributed by atoms with van der Waals surface area (Å²) in [5.74, 6) is -0.519. The lowest BCUT2D eigenvalue weighted by atomic mass is 9.94. The molecule has 7 unspecified atom stereocenters. The van der Waals surface area contributed by atoms with Crippen LogP contribution in [0.5, 0.6) is 0 Å². The third kappa shape index (κ3) is 4.32. The molecule has 2 aliphatic rings. The van der Waals surface area contributed by atoms with Gasteiger partial charge in [-0.2, -0.15) is 0 Å². The Bertz CT molecular complexity index is 479. The highest BCUT2D eigenvalue weighted by Gasteiger charge is 2.50. The van der Waals surface area contributed by atoms with Gasteiger partial charge in [-0.1, -0.05) is 0 Å². The quantitative estimate of drug-likeness (QED) is 0.247. The van der Waals surface area contributed by atoms with E-state index in [9.17, 15) is 35.4 Å². The number of nitrogens with one attached hydrogen (secondary N) is 1. The molecule has 0 spiro atoms. The summed E-state index contributed by atoms with van der Waals surface area (Å²) in [7, 11) is 0. The van der Waals surface area contributed by atoms with E-state index < -0.39 is 80.3 Å². The number of amides is 1. The van der Waals surface area contributed by atoms with Crippen LogP contribution >= 0.6 is 0 Å². The summed E-state index contributed by atoms with van der Waals surface area (Å²) in [4.78, 5) is 11.4. The predicted octanol–water partition coefficient (Wildman–Crippen LogP) is -4.18. The maximum Gasteiger partial charge on any atom is 0.217 e. The second-order valence-corrected chi connectivity index (χ2v) is 6.58. The highest BCUT2D eigenvalue weighted by molar-refractivity contribution is 5.73. The lowest BCUT2D eigenvalue weighted by Crippen LogP contribution is -2.67. The Morgan fingerprint density at radius 2 is 1.50 bits per heavy atom. The number of carbonyl (C=O) groups excluding carboxylic acids is 1. The van der Waals surface area contributed by atoms with Crippen molar-refractivity contribution < 1.29 is 49.6 Å². The average molecular weight is 381 g/mol. The lowest BCUT2D eigenvalue weighted by molar-refractivity contribution is -0.320. The van der Waals surface area contributed by atoms with Crippen LogP contribution in [-0.2, 0) is 19.0 Å². The topological polar surface area (TPSA) is 178 Å². The SMILES string of the molecule is CC(=O)NC1C(OC2C(O)[C@H](O)C(CO)O[C@@H]2C)OC(CO)[C@@H](O)C1O. The highest BCUT2D eigenvalue weighted by atomic mass is 16.7. The van der Waals surface area contributed by atoms with E-state index in [1.165, 1.54) is 6.92 Å². The molecule has 0 aromatic rings. The van der Waals surface area contributed by atoms with Crippen molar-refractivity contribution in [2.45, 2.75) is 75.0 Å². The monoisotopic (exact) mass is 381 g/mol. The maximum atomic E-state index is 11.4. The number of rotatable bonds is 5. The molecule has 1 amide bonds. The number of aliphatic hydroxyl groups excluding tert-OH is 6. The van der Waals surface area contributed by atoms with Crippen molar-refractivity contribution in [3.8, 4) is 0 Å². The molecule has 0 aromatic heterocycles. The Hall–Kier alpha value is -0.890. The second-order valence-electron chi connectivity index (χ2n) is 6.58. The minimum absolute atomic E-state index is 0.499. The van der Waals surface area contributed by atoms with Crippen molar-refractivity contribution in [2.24, 2.45) is 0 Å². The smallest absolute Gasteiger partial charge is 0.217 e. The molecule has 11 nitrogen and oxygen atoms in total. The van der Waals surface area contributed by atoms with Crippen LogP contribution in [0.25, 0.3) is 0 Å². The molecule has 2 aliphatic heterocycles. The van der Waals surface area contributed by atoms with Crippen LogP contribution in [0.15, 0.2) is 0 Å². The number of ether oxygens (including phenoxy) is 3. The largest absolute Gasteiger partial charge is 0.394 e. The molecule has 2 heterocycles. The van der Waals surface area contributed by atoms with E-state index in [1.807, 2.05) is 0 Å². The molecule has 11 heteroatoms. The zero-order valence-corrected chi connectivity index (χ0v) is 14.5. The molecule has 0 saturated carbocycles. The molecule has 152 valence electrons. The standard InChI is InChI=1S/C15H27NO10/c1-5-14(13(23)11(21)7(3-17)24-5)26-15-9(16-6(2)19)12(22)10(20)8(4-18)25-15/h5,7-15,17-18,20-23H,3-4H2,1-2H3,(H,16,19)/t5-,7?,8?,9?,10-,11-,12?,13?,14?,15?/m1/s1. The molecule has 10 atom stereocenters. The van der Waals surface area contributed by atoms with E-state index in [1.54, 1.807) is 6.92 Å². The van der Waals surface area contributed by atoms with Gasteiger partial charge in [-0.15, -0.1) is 0 Å². The summed E-state index contributed by atoms with van der Waals surface area (Å²) in [6, 6.07) is -1.18. The lowest BCUT2D eigenvalue weighted by Gasteiger charge is -2.46. The first-order valence-corrected chi connectivity index (χ1v) is 8.38. The molecular weight excluding hydrogens is 354 g/mol. The fourth-order valence-electron chi connectivity index (χ4n) is 3.21. The van der Waals surface area contributed by atoms with Gasteiger partial charge in [0.1, 0.15) is 48.8 Å². The Labute approximate surface area is 150 Å². The summed E-state index contributed by atoms with van der Waals surface area (Å²) in [5.41, 5.74) is 0. The van der Waals surface area contributed by atoms with E-state index in [2.05, 4.69) is 5.32 Å². The minimum Gasteiger partial charge on any atom is -0.394 e. The van der Waals surface area contributed by atoms with Crippen LogP contribution in [0, 0.1) is 0 Å². The van der Waals surface area contributed by atoms with Gasteiger partial charge >= 0.3 is 0 Å². The van der Waals surface area contributed by atoms with Gasteiger partial charge < -0.3 is 50.2 Å². The second kappa shape index (κ2) is 8.87. The van der Waals surface area contributed by atoms with Gasteiger partial charge in [-0.3, -0.25) is 4.79 Å². The summed E-state index contributed by atoms with van der Waals surface area (Å²) in [6.07, 6.45) is -11.2. The average Bonchev–Trinajstić information content (AvgIpc) is 2.60. The van der Waals surface area contributed by atoms with Crippen molar-refractivity contribution >= 4 is 5.91 Å². The van der Waals surface area contributed by atoms with Crippen molar-refractivity contribution in [1.82, 2.24) is 5.32 Å². The third-order valence-corrected chi connectivity index (χ3v) is 4.64. The molecule has 26 heavy (non-hydrogen) atoms. The van der Waals surface area contributed by atoms with Crippen LogP contribution < -0.4 is 5.32 Å². The molecule has 2 rings (SSSR count). The molecule has 7 N–H and O–H groups in total. The van der Waals surface area contributed by atoms with Crippen molar-refractivity contribution in [3.63, 3.8) is 0 Å². The highest BCUT2D eigenvalue weighted by Crippen LogP contribution is 2.29. The maximum absolute atomic E-state index is 11.4. The Balaban J connectivity index is 2.18. The first-order valence-electron chi connectivity index (χ1n) is 8.38. The number of carbonyl (C=O) groups is 1. The Morgan fingerprint density at radius 1 is 0.962 bits per heavy atom. The molecule has 2 fully saturated rings. The first kappa shape index (κ1) is 21.4. The first-order chi connectivity index (χ1) is 12.2. The summed E-state index contributed by atoms with van der Waals surface area (Å²) >= 11 is 0. The van der Waals surface area contributed by atoms with Crippen molar-refractivity contribution in [3.05, 3.63) is 0 Å². The number of hydrogen-bond donors (Lipinski definition) is 7. The van der Waals surface area contributed by atoms with Crippen LogP contribution in [0.3, 0.4) is 0 Å². The molecule has 2 saturated heterocycles. The zero-order valence-electron chi connectivity index (χ0n) is 14.5. The summed E-state index contributed by atoms with van der Waals surface area (Å²) < 4.78 is 16.5. The molecule has 0 aromatic carbocycles. The molecule has 0 radical (unpaired) electrons. The molecular formula is C15H27NO10. The fourth-order valence-corrected chi connectivity index (χ4v) is 3.21. The zero-order chi connectivity index (χ0) is 19.6. The Kier molecular flexibility index (Phi) is 7.30. The van der Waals surface area contributed by atoms with Gasteiger partial charge in [0, 0.05) is 6.92 Å². The summed E-state index contributed by atoms with van der Waals surface area (Å²) in [6.45, 7) is 1.64. The fraction of sp³-hybridized carbons (Fsp3) is 0.933. The van der Waals surface area contributed by atoms with E-state index in [4.69, 9.17) is 14.2 Å². The number of hydrogen-bond acceptors (Lipinski definition) is 10. The van der Waals surface area contributed by atoms with E-state index in [0.717, 1.165) is 0 Å². The summed E-state index contributed by atoms with van der Waals surface area (Å²) in [5, 5.41) is 61.4. The van der Waals surface area contributed by atoms with Crippen molar-refractivity contribution in [1.29, 1.82) is 0 Å². The van der Waals surface area contributed by atoms with Gasteiger partial charge in [0.05, 0.1) is 19.3 Å². The van der Waals surface area contributed by atoms with E-state index in [-0.39, 0.29) is 0 Å². The van der Waals surface area contributed by atoms with Gasteiger partial charge in [-0.05, 0) is 6.92 Å². The normalized spacial score (nSPS) is 46.8. The molecule has 0 bridgehead atoms.